The summed E-state index contributed by atoms with van der Waals surface area (Å²) in [6.07, 6.45) is 1.77. The number of halogens is 1. The number of nitrogens with one attached hydrogen (secondary N) is 1. The summed E-state index contributed by atoms with van der Waals surface area (Å²) in [4.78, 5) is 26.2. The average Bonchev–Trinajstić information content (AvgIpc) is 3.38. The Balaban J connectivity index is 1.47. The number of anilines is 2. The van der Waals surface area contributed by atoms with Gasteiger partial charge in [-0.25, -0.2) is 0 Å². The third-order valence-electron chi connectivity index (χ3n) is 4.35. The van der Waals surface area contributed by atoms with Crippen molar-refractivity contribution >= 4 is 45.6 Å². The molecule has 0 saturated carbocycles. The Kier molecular flexibility index (Phi) is 4.67. The lowest BCUT2D eigenvalue weighted by Gasteiger charge is -2.17. The van der Waals surface area contributed by atoms with Gasteiger partial charge in [0.15, 0.2) is 5.76 Å². The van der Waals surface area contributed by atoms with E-state index in [0.29, 0.717) is 28.1 Å². The van der Waals surface area contributed by atoms with Gasteiger partial charge in [0.25, 0.3) is 5.91 Å². The van der Waals surface area contributed by atoms with Gasteiger partial charge < -0.3 is 9.32 Å². The summed E-state index contributed by atoms with van der Waals surface area (Å²) in [5.74, 6) is -0.257. The number of carbonyl (C=O) groups is 2. The monoisotopic (exact) mass is 402 g/mol. The van der Waals surface area contributed by atoms with Crippen LogP contribution >= 0.6 is 22.9 Å². The SMILES string of the molecule is Cc1ccc(N2C[C@H](c3nnc(NC(=O)c4ccco4)s3)CC2=O)cc1Cl. The Morgan fingerprint density at radius 2 is 2.22 bits per heavy atom. The summed E-state index contributed by atoms with van der Waals surface area (Å²) < 4.78 is 5.05. The van der Waals surface area contributed by atoms with E-state index in [4.69, 9.17) is 16.0 Å². The molecule has 138 valence electrons. The lowest BCUT2D eigenvalue weighted by atomic mass is 10.1. The molecule has 27 heavy (non-hydrogen) atoms. The van der Waals surface area contributed by atoms with E-state index in [0.717, 1.165) is 11.3 Å². The number of rotatable bonds is 4. The highest BCUT2D eigenvalue weighted by atomic mass is 35.5. The molecule has 1 N–H and O–H groups in total. The molecule has 4 rings (SSSR count). The molecule has 1 atom stereocenters. The van der Waals surface area contributed by atoms with Gasteiger partial charge >= 0.3 is 0 Å². The molecule has 2 amide bonds. The summed E-state index contributed by atoms with van der Waals surface area (Å²) in [5.41, 5.74) is 1.73. The third kappa shape index (κ3) is 3.58. The Hall–Kier alpha value is -2.71. The summed E-state index contributed by atoms with van der Waals surface area (Å²) in [6, 6.07) is 8.78. The van der Waals surface area contributed by atoms with Gasteiger partial charge in [-0.3, -0.25) is 14.9 Å². The molecule has 0 unspecified atom stereocenters. The molecule has 0 radical (unpaired) electrons. The summed E-state index contributed by atoms with van der Waals surface area (Å²) >= 11 is 7.44. The van der Waals surface area contributed by atoms with Crippen molar-refractivity contribution in [2.75, 3.05) is 16.8 Å². The van der Waals surface area contributed by atoms with Crippen LogP contribution in [0.5, 0.6) is 0 Å². The van der Waals surface area contributed by atoms with Gasteiger partial charge in [0.05, 0.1) is 6.26 Å². The quantitative estimate of drug-likeness (QED) is 0.715. The Morgan fingerprint density at radius 1 is 1.37 bits per heavy atom. The second kappa shape index (κ2) is 7.13. The first-order valence-electron chi connectivity index (χ1n) is 8.26. The molecule has 3 heterocycles. The van der Waals surface area contributed by atoms with Gasteiger partial charge in [-0.15, -0.1) is 10.2 Å². The topological polar surface area (TPSA) is 88.3 Å². The fourth-order valence-corrected chi connectivity index (χ4v) is 3.89. The maximum Gasteiger partial charge on any atom is 0.293 e. The lowest BCUT2D eigenvalue weighted by Crippen LogP contribution is -2.24. The van der Waals surface area contributed by atoms with E-state index in [-0.39, 0.29) is 23.5 Å². The molecule has 0 spiro atoms. The number of aryl methyl sites for hydroxylation is 1. The van der Waals surface area contributed by atoms with Crippen molar-refractivity contribution in [1.82, 2.24) is 10.2 Å². The van der Waals surface area contributed by atoms with Gasteiger partial charge in [0.1, 0.15) is 5.01 Å². The molecule has 9 heteroatoms. The van der Waals surface area contributed by atoms with Crippen molar-refractivity contribution in [3.63, 3.8) is 0 Å². The van der Waals surface area contributed by atoms with E-state index >= 15 is 0 Å². The van der Waals surface area contributed by atoms with Gasteiger partial charge in [-0.05, 0) is 36.8 Å². The first kappa shape index (κ1) is 17.7. The van der Waals surface area contributed by atoms with Crippen molar-refractivity contribution in [3.05, 3.63) is 57.9 Å². The van der Waals surface area contributed by atoms with E-state index in [1.807, 2.05) is 19.1 Å². The van der Waals surface area contributed by atoms with E-state index in [1.165, 1.54) is 17.6 Å². The predicted molar refractivity (Wildman–Crippen MR) is 102 cm³/mol. The fraction of sp³-hybridized carbons (Fsp3) is 0.222. The van der Waals surface area contributed by atoms with Gasteiger partial charge in [-0.2, -0.15) is 0 Å². The molecule has 1 saturated heterocycles. The van der Waals surface area contributed by atoms with Gasteiger partial charge in [-0.1, -0.05) is 29.0 Å². The van der Waals surface area contributed by atoms with E-state index in [1.54, 1.807) is 23.1 Å². The standard InChI is InChI=1S/C18H15ClN4O3S/c1-10-4-5-12(8-13(10)19)23-9-11(7-15(23)24)17-21-22-18(27-17)20-16(25)14-3-2-6-26-14/h2-6,8,11H,7,9H2,1H3,(H,20,22,25)/t11-/m1/s1. The minimum atomic E-state index is -0.388. The van der Waals surface area contributed by atoms with Crippen LogP contribution in [0.2, 0.25) is 5.02 Å². The van der Waals surface area contributed by atoms with Crippen LogP contribution in [-0.2, 0) is 4.79 Å². The van der Waals surface area contributed by atoms with Crippen molar-refractivity contribution in [1.29, 1.82) is 0 Å². The van der Waals surface area contributed by atoms with Crippen LogP contribution in [-0.4, -0.2) is 28.6 Å². The van der Waals surface area contributed by atoms with Crippen molar-refractivity contribution < 1.29 is 14.0 Å². The lowest BCUT2D eigenvalue weighted by molar-refractivity contribution is -0.117. The Bertz CT molecular complexity index is 1000. The minimum absolute atomic E-state index is 0.0105. The fourth-order valence-electron chi connectivity index (χ4n) is 2.89. The van der Waals surface area contributed by atoms with E-state index < -0.39 is 0 Å². The third-order valence-corrected chi connectivity index (χ3v) is 5.76. The maximum absolute atomic E-state index is 12.5. The molecule has 1 aromatic carbocycles. The number of amides is 2. The zero-order chi connectivity index (χ0) is 19.0. The zero-order valence-corrected chi connectivity index (χ0v) is 15.9. The van der Waals surface area contributed by atoms with Crippen LogP contribution in [0.15, 0.2) is 41.0 Å². The van der Waals surface area contributed by atoms with E-state index in [9.17, 15) is 9.59 Å². The highest BCUT2D eigenvalue weighted by molar-refractivity contribution is 7.15. The summed E-state index contributed by atoms with van der Waals surface area (Å²) in [6.45, 7) is 2.42. The number of furan rings is 1. The molecule has 1 aliphatic heterocycles. The van der Waals surface area contributed by atoms with E-state index in [2.05, 4.69) is 15.5 Å². The maximum atomic E-state index is 12.5. The van der Waals surface area contributed by atoms with Crippen LogP contribution in [0, 0.1) is 6.92 Å². The molecule has 0 bridgehead atoms. The second-order valence-corrected chi connectivity index (χ2v) is 7.63. The van der Waals surface area contributed by atoms with Crippen molar-refractivity contribution in [2.24, 2.45) is 0 Å². The molecular weight excluding hydrogens is 388 g/mol. The first-order chi connectivity index (χ1) is 13.0. The minimum Gasteiger partial charge on any atom is -0.459 e. The number of hydrogen-bond acceptors (Lipinski definition) is 6. The molecule has 1 aliphatic rings. The second-order valence-electron chi connectivity index (χ2n) is 6.22. The number of benzene rings is 1. The molecular formula is C18H15ClN4O3S. The predicted octanol–water partition coefficient (Wildman–Crippen LogP) is 3.87. The van der Waals surface area contributed by atoms with Crippen molar-refractivity contribution in [2.45, 2.75) is 19.3 Å². The molecule has 2 aromatic heterocycles. The normalized spacial score (nSPS) is 16.7. The Labute approximate surface area is 164 Å². The van der Waals surface area contributed by atoms with Crippen LogP contribution in [0.25, 0.3) is 0 Å². The summed E-state index contributed by atoms with van der Waals surface area (Å²) in [7, 11) is 0. The number of nitrogens with zero attached hydrogens (tertiary/aromatic N) is 3. The van der Waals surface area contributed by atoms with Gasteiger partial charge in [0.2, 0.25) is 11.0 Å². The zero-order valence-electron chi connectivity index (χ0n) is 14.3. The highest BCUT2D eigenvalue weighted by Crippen LogP contribution is 2.35. The average molecular weight is 403 g/mol. The number of hydrogen-bond donors (Lipinski definition) is 1. The largest absolute Gasteiger partial charge is 0.459 e. The smallest absolute Gasteiger partial charge is 0.293 e. The first-order valence-corrected chi connectivity index (χ1v) is 9.45. The van der Waals surface area contributed by atoms with Crippen LogP contribution in [0.3, 0.4) is 0 Å². The molecule has 7 nitrogen and oxygen atoms in total. The van der Waals surface area contributed by atoms with Gasteiger partial charge in [0, 0.05) is 29.6 Å². The molecule has 3 aromatic rings. The number of aromatic nitrogens is 2. The van der Waals surface area contributed by atoms with Crippen LogP contribution in [0.1, 0.15) is 33.5 Å². The Morgan fingerprint density at radius 3 is 2.96 bits per heavy atom. The van der Waals surface area contributed by atoms with Crippen molar-refractivity contribution in [3.8, 4) is 0 Å². The molecule has 0 aliphatic carbocycles. The highest BCUT2D eigenvalue weighted by Gasteiger charge is 2.34. The molecule has 1 fully saturated rings. The van der Waals surface area contributed by atoms with Crippen LogP contribution in [0.4, 0.5) is 10.8 Å². The summed E-state index contributed by atoms with van der Waals surface area (Å²) in [5, 5.41) is 12.5. The van der Waals surface area contributed by atoms with Crippen LogP contribution < -0.4 is 10.2 Å². The number of carbonyl (C=O) groups excluding carboxylic acids is 2.